The van der Waals surface area contributed by atoms with E-state index in [2.05, 4.69) is 76.1 Å². The summed E-state index contributed by atoms with van der Waals surface area (Å²) in [7, 11) is 2.55. The number of nitrogens with one attached hydrogen (secondary N) is 4. The van der Waals surface area contributed by atoms with Crippen LogP contribution in [0.2, 0.25) is 0 Å². The standard InChI is InChI=1S/C47H58N8O8/c1-9-19-54(43(56)39(27(3)4)52-45(58)60-7)24-37-48-35-17-13-31-22-29(11-15-33(31)41(35)50-37)30-12-16-34-32(23-30)14-18-36-42(34)51-38(49-36)25-55(26-47(10-2)62-20-21-63-47)44(57)40(28(5)6)53-46(59)61-8/h10-18,22-23,27-28,35,39-41H,2,9,19-21,24-26H2,1,3-8H3,(H,48,50)(H,49,51)(H,52,58)(H,53,59)/t35?,39-,40-,41?/m0/s1. The Balaban J connectivity index is 1.09. The lowest BCUT2D eigenvalue weighted by Gasteiger charge is -2.34. The van der Waals surface area contributed by atoms with E-state index < -0.39 is 30.1 Å². The van der Waals surface area contributed by atoms with Crippen LogP contribution in [0.3, 0.4) is 0 Å². The highest BCUT2D eigenvalue weighted by Gasteiger charge is 2.40. The number of carbonyl (C=O) groups is 4. The van der Waals surface area contributed by atoms with Crippen LogP contribution in [0.1, 0.15) is 64.0 Å². The summed E-state index contributed by atoms with van der Waals surface area (Å²) in [6, 6.07) is 15.0. The molecule has 1 aliphatic carbocycles. The number of nitrogens with zero attached hydrogens (tertiary/aromatic N) is 4. The van der Waals surface area contributed by atoms with Crippen molar-refractivity contribution in [1.82, 2.24) is 35.7 Å². The van der Waals surface area contributed by atoms with Crippen LogP contribution in [0, 0.1) is 11.8 Å². The molecule has 0 spiro atoms. The molecule has 3 aliphatic rings. The maximum absolute atomic E-state index is 14.1. The molecule has 334 valence electrons. The van der Waals surface area contributed by atoms with Gasteiger partial charge in [-0.1, -0.05) is 83.7 Å². The Morgan fingerprint density at radius 1 is 0.905 bits per heavy atom. The predicted octanol–water partition coefficient (Wildman–Crippen LogP) is 6.08. The minimum atomic E-state index is -1.20. The molecule has 7 rings (SSSR count). The largest absolute Gasteiger partial charge is 0.453 e. The molecule has 0 bridgehead atoms. The van der Waals surface area contributed by atoms with Crippen LogP contribution in [-0.2, 0) is 35.1 Å². The van der Waals surface area contributed by atoms with E-state index in [-0.39, 0.29) is 48.8 Å². The number of methoxy groups -OCH3 is 2. The fourth-order valence-electron chi connectivity index (χ4n) is 8.47. The van der Waals surface area contributed by atoms with Crippen LogP contribution in [0.15, 0.2) is 72.3 Å². The number of fused-ring (bicyclic) bond motifs is 6. The summed E-state index contributed by atoms with van der Waals surface area (Å²) in [6.07, 6.45) is 5.18. The van der Waals surface area contributed by atoms with Gasteiger partial charge in [0, 0.05) is 11.9 Å². The van der Waals surface area contributed by atoms with E-state index in [1.165, 1.54) is 14.2 Å². The first-order valence-electron chi connectivity index (χ1n) is 21.5. The van der Waals surface area contributed by atoms with E-state index in [9.17, 15) is 19.2 Å². The van der Waals surface area contributed by atoms with Gasteiger partial charge >= 0.3 is 12.2 Å². The van der Waals surface area contributed by atoms with Crippen LogP contribution < -0.4 is 16.0 Å². The van der Waals surface area contributed by atoms with E-state index in [4.69, 9.17) is 28.9 Å². The third-order valence-electron chi connectivity index (χ3n) is 11.8. The fraction of sp³-hybridized carbons (Fsp3) is 0.447. The number of aliphatic imine (C=N–C) groups is 1. The normalized spacial score (nSPS) is 18.3. The monoisotopic (exact) mass is 862 g/mol. The number of amides is 4. The molecule has 0 radical (unpaired) electrons. The minimum absolute atomic E-state index is 0.0409. The lowest BCUT2D eigenvalue weighted by Crippen LogP contribution is -2.54. The molecular weight excluding hydrogens is 805 g/mol. The molecule has 4 atom stereocenters. The zero-order valence-corrected chi connectivity index (χ0v) is 37.0. The van der Waals surface area contributed by atoms with Gasteiger partial charge in [-0.2, -0.15) is 0 Å². The first-order chi connectivity index (χ1) is 30.3. The smallest absolute Gasteiger partial charge is 0.407 e. The topological polar surface area (TPSA) is 189 Å². The Kier molecular flexibility index (Phi) is 13.5. The third-order valence-corrected chi connectivity index (χ3v) is 11.8. The van der Waals surface area contributed by atoms with Crippen LogP contribution >= 0.6 is 0 Å². The maximum Gasteiger partial charge on any atom is 0.407 e. The van der Waals surface area contributed by atoms with Crippen molar-refractivity contribution in [3.8, 4) is 11.1 Å². The highest BCUT2D eigenvalue weighted by atomic mass is 16.7. The molecule has 16 heteroatoms. The van der Waals surface area contributed by atoms with Gasteiger partial charge in [0.1, 0.15) is 23.7 Å². The zero-order chi connectivity index (χ0) is 45.0. The van der Waals surface area contributed by atoms with Crippen molar-refractivity contribution in [1.29, 1.82) is 0 Å². The maximum atomic E-state index is 14.1. The highest BCUT2D eigenvalue weighted by molar-refractivity contribution is 6.05. The molecule has 1 aromatic heterocycles. The molecule has 2 unspecified atom stereocenters. The zero-order valence-electron chi connectivity index (χ0n) is 37.0. The molecule has 0 saturated carbocycles. The number of hydrogen-bond acceptors (Lipinski definition) is 11. The van der Waals surface area contributed by atoms with E-state index >= 15 is 0 Å². The molecule has 1 fully saturated rings. The molecule has 4 N–H and O–H groups in total. The van der Waals surface area contributed by atoms with Crippen LogP contribution in [0.25, 0.3) is 39.0 Å². The second-order valence-electron chi connectivity index (χ2n) is 16.9. The van der Waals surface area contributed by atoms with Gasteiger partial charge in [-0.25, -0.2) is 14.6 Å². The second kappa shape index (κ2) is 19.0. The first-order valence-corrected chi connectivity index (χ1v) is 21.5. The average Bonchev–Trinajstić information content (AvgIpc) is 4.04. The number of H-pyrrole nitrogens is 1. The molecular formula is C47H58N8O8. The molecule has 3 aromatic carbocycles. The number of benzene rings is 3. The van der Waals surface area contributed by atoms with Crippen molar-refractivity contribution < 1.29 is 38.1 Å². The number of rotatable bonds is 16. The minimum Gasteiger partial charge on any atom is -0.453 e. The lowest BCUT2D eigenvalue weighted by atomic mass is 9.88. The summed E-state index contributed by atoms with van der Waals surface area (Å²) < 4.78 is 21.4. The Morgan fingerprint density at radius 2 is 1.56 bits per heavy atom. The van der Waals surface area contributed by atoms with Crippen molar-refractivity contribution in [2.75, 3.05) is 47.1 Å². The van der Waals surface area contributed by atoms with Crippen molar-refractivity contribution in [3.05, 3.63) is 84.2 Å². The van der Waals surface area contributed by atoms with Crippen LogP contribution in [0.4, 0.5) is 9.59 Å². The first kappa shape index (κ1) is 44.8. The lowest BCUT2D eigenvalue weighted by molar-refractivity contribution is -0.156. The van der Waals surface area contributed by atoms with Gasteiger partial charge in [-0.15, -0.1) is 0 Å². The molecule has 2 aliphatic heterocycles. The number of carbonyl (C=O) groups excluding carboxylic acids is 4. The molecule has 4 amide bonds. The van der Waals surface area contributed by atoms with E-state index in [1.54, 1.807) is 15.9 Å². The molecule has 16 nitrogen and oxygen atoms in total. The van der Waals surface area contributed by atoms with Crippen LogP contribution in [0.5, 0.6) is 0 Å². The Labute approximate surface area is 367 Å². The number of aromatic amines is 1. The Morgan fingerprint density at radius 3 is 2.19 bits per heavy atom. The highest BCUT2D eigenvalue weighted by Crippen LogP contribution is 2.37. The SMILES string of the molecule is C=CC1(CN(Cc2nc3ccc4cc(-c5ccc6c(c5)C=CC5N=C(CN(CCC)C(=O)[C@@H](NC(=O)OC)C(C)C)NC65)ccc4c3[nH]2)C(=O)[C@@H](NC(=O)OC)C(C)C)OCCO1. The van der Waals surface area contributed by atoms with Gasteiger partial charge < -0.3 is 49.7 Å². The second-order valence-corrected chi connectivity index (χ2v) is 16.9. The number of imidazole rings is 1. The molecule has 4 aromatic rings. The number of ether oxygens (including phenoxy) is 4. The molecule has 63 heavy (non-hydrogen) atoms. The molecule has 3 heterocycles. The average molecular weight is 863 g/mol. The summed E-state index contributed by atoms with van der Waals surface area (Å²) in [5.74, 6) is -0.796. The van der Waals surface area contributed by atoms with Crippen molar-refractivity contribution >= 4 is 57.7 Å². The summed E-state index contributed by atoms with van der Waals surface area (Å²) in [6.45, 7) is 15.1. The summed E-state index contributed by atoms with van der Waals surface area (Å²) >= 11 is 0. The number of alkyl carbamates (subject to hydrolysis) is 2. The Bertz CT molecular complexity index is 2440. The van der Waals surface area contributed by atoms with Gasteiger partial charge in [-0.05, 0) is 70.2 Å². The quantitative estimate of drug-likeness (QED) is 0.0962. The summed E-state index contributed by atoms with van der Waals surface area (Å²) in [4.78, 5) is 68.7. The Hall–Kier alpha value is -6.26. The van der Waals surface area contributed by atoms with Gasteiger partial charge in [0.25, 0.3) is 0 Å². The molecule has 1 saturated heterocycles. The summed E-state index contributed by atoms with van der Waals surface area (Å²) in [5.41, 5.74) is 5.90. The number of amidine groups is 1. The van der Waals surface area contributed by atoms with Crippen LogP contribution in [-0.4, -0.2) is 121 Å². The van der Waals surface area contributed by atoms with Crippen molar-refractivity contribution in [3.63, 3.8) is 0 Å². The van der Waals surface area contributed by atoms with Crippen molar-refractivity contribution in [2.24, 2.45) is 16.8 Å². The number of aromatic nitrogens is 2. The third kappa shape index (κ3) is 9.56. The van der Waals surface area contributed by atoms with Gasteiger partial charge in [-0.3, -0.25) is 14.6 Å². The summed E-state index contributed by atoms with van der Waals surface area (Å²) in [5, 5.41) is 11.0. The fourth-order valence-corrected chi connectivity index (χ4v) is 8.47. The van der Waals surface area contributed by atoms with Gasteiger partial charge in [0.15, 0.2) is 0 Å². The van der Waals surface area contributed by atoms with Gasteiger partial charge in [0.05, 0.1) is 70.2 Å². The predicted molar refractivity (Wildman–Crippen MR) is 241 cm³/mol. The van der Waals surface area contributed by atoms with E-state index in [0.717, 1.165) is 56.3 Å². The van der Waals surface area contributed by atoms with Crippen molar-refractivity contribution in [2.45, 2.75) is 77.5 Å². The van der Waals surface area contributed by atoms with E-state index in [1.807, 2.05) is 46.8 Å². The van der Waals surface area contributed by atoms with E-state index in [0.29, 0.717) is 32.1 Å². The number of hydrogen-bond donors (Lipinski definition) is 4. The van der Waals surface area contributed by atoms with Gasteiger partial charge in [0.2, 0.25) is 17.6 Å².